The van der Waals surface area contributed by atoms with Crippen molar-refractivity contribution in [2.24, 2.45) is 0 Å². The van der Waals surface area contributed by atoms with E-state index in [1.807, 2.05) is 0 Å². The van der Waals surface area contributed by atoms with Crippen molar-refractivity contribution in [3.05, 3.63) is 52.0 Å². The number of hydrogen-bond acceptors (Lipinski definition) is 4. The average molecular weight is 426 g/mol. The lowest BCUT2D eigenvalue weighted by atomic mass is 10.1. The summed E-state index contributed by atoms with van der Waals surface area (Å²) in [4.78, 5) is -0.0479. The zero-order chi connectivity index (χ0) is 19.3. The van der Waals surface area contributed by atoms with Crippen molar-refractivity contribution in [1.82, 2.24) is 4.72 Å². The van der Waals surface area contributed by atoms with Crippen LogP contribution in [0.5, 0.6) is 11.5 Å². The van der Waals surface area contributed by atoms with Gasteiger partial charge in [0.25, 0.3) is 0 Å². The molecule has 2 aromatic carbocycles. The summed E-state index contributed by atoms with van der Waals surface area (Å²) in [6.07, 6.45) is 0.304. The van der Waals surface area contributed by atoms with Gasteiger partial charge in [-0.2, -0.15) is 8.78 Å². The minimum Gasteiger partial charge on any atom is -0.493 e. The van der Waals surface area contributed by atoms with Gasteiger partial charge in [-0.25, -0.2) is 13.1 Å². The van der Waals surface area contributed by atoms with Crippen LogP contribution in [0.4, 0.5) is 8.78 Å². The molecular formula is C16H15Cl2F2NO4S. The Morgan fingerprint density at radius 3 is 2.31 bits per heavy atom. The zero-order valence-corrected chi connectivity index (χ0v) is 15.8. The Morgan fingerprint density at radius 2 is 1.73 bits per heavy atom. The van der Waals surface area contributed by atoms with Crippen molar-refractivity contribution < 1.29 is 26.7 Å². The van der Waals surface area contributed by atoms with Crippen molar-refractivity contribution in [3.8, 4) is 11.5 Å². The second-order valence-electron chi connectivity index (χ2n) is 5.12. The van der Waals surface area contributed by atoms with Gasteiger partial charge in [-0.3, -0.25) is 0 Å². The molecule has 0 saturated heterocycles. The summed E-state index contributed by atoms with van der Waals surface area (Å²) in [6, 6.07) is 8.39. The minimum atomic E-state index is -3.79. The van der Waals surface area contributed by atoms with Crippen molar-refractivity contribution in [2.45, 2.75) is 17.9 Å². The molecule has 0 bridgehead atoms. The van der Waals surface area contributed by atoms with Gasteiger partial charge < -0.3 is 9.47 Å². The van der Waals surface area contributed by atoms with Crippen LogP contribution in [-0.2, 0) is 16.4 Å². The molecule has 10 heteroatoms. The van der Waals surface area contributed by atoms with Gasteiger partial charge in [0, 0.05) is 16.6 Å². The van der Waals surface area contributed by atoms with E-state index < -0.39 is 16.6 Å². The molecule has 5 nitrogen and oxygen atoms in total. The number of methoxy groups -OCH3 is 1. The first-order chi connectivity index (χ1) is 12.2. The Labute approximate surface area is 159 Å². The smallest absolute Gasteiger partial charge is 0.387 e. The summed E-state index contributed by atoms with van der Waals surface area (Å²) >= 11 is 11.6. The Morgan fingerprint density at radius 1 is 1.08 bits per heavy atom. The maximum absolute atomic E-state index is 12.3. The molecule has 142 valence electrons. The monoisotopic (exact) mass is 425 g/mol. The first kappa shape index (κ1) is 20.7. The van der Waals surface area contributed by atoms with Gasteiger partial charge in [0.2, 0.25) is 10.0 Å². The van der Waals surface area contributed by atoms with Crippen LogP contribution < -0.4 is 14.2 Å². The second kappa shape index (κ2) is 8.85. The van der Waals surface area contributed by atoms with E-state index in [9.17, 15) is 17.2 Å². The third-order valence-corrected chi connectivity index (χ3v) is 5.17. The number of rotatable bonds is 8. The van der Waals surface area contributed by atoms with Crippen LogP contribution in [-0.4, -0.2) is 28.7 Å². The molecule has 0 amide bonds. The molecule has 0 heterocycles. The predicted molar refractivity (Wildman–Crippen MR) is 95.0 cm³/mol. The van der Waals surface area contributed by atoms with Crippen molar-refractivity contribution >= 4 is 33.2 Å². The summed E-state index contributed by atoms with van der Waals surface area (Å²) in [5, 5.41) is 0.412. The summed E-state index contributed by atoms with van der Waals surface area (Å²) in [5.41, 5.74) is 0.676. The predicted octanol–water partition coefficient (Wildman–Crippen LogP) is 4.12. The molecule has 26 heavy (non-hydrogen) atoms. The van der Waals surface area contributed by atoms with E-state index in [1.54, 1.807) is 6.07 Å². The molecule has 1 N–H and O–H groups in total. The number of sulfonamides is 1. The van der Waals surface area contributed by atoms with E-state index in [-0.39, 0.29) is 33.0 Å². The van der Waals surface area contributed by atoms with E-state index >= 15 is 0 Å². The SMILES string of the molecule is COc1cc(CCNS(=O)(=O)c2cc(Cl)cc(Cl)c2)ccc1OC(F)F. The maximum Gasteiger partial charge on any atom is 0.387 e. The lowest BCUT2D eigenvalue weighted by Gasteiger charge is -2.12. The number of ether oxygens (including phenoxy) is 2. The van der Waals surface area contributed by atoms with Crippen molar-refractivity contribution in [3.63, 3.8) is 0 Å². The fraction of sp³-hybridized carbons (Fsp3) is 0.250. The molecule has 0 aliphatic heterocycles. The Bertz CT molecular complexity index is 858. The third kappa shape index (κ3) is 5.70. The summed E-state index contributed by atoms with van der Waals surface area (Å²) in [7, 11) is -2.47. The number of nitrogens with one attached hydrogen (secondary N) is 1. The number of hydrogen-bond donors (Lipinski definition) is 1. The minimum absolute atomic E-state index is 0.0479. The number of halogens is 4. The largest absolute Gasteiger partial charge is 0.493 e. The van der Waals surface area contributed by atoms with Crippen LogP contribution in [0, 0.1) is 0 Å². The number of alkyl halides is 2. The molecule has 0 saturated carbocycles. The van der Waals surface area contributed by atoms with Crippen LogP contribution in [0.3, 0.4) is 0 Å². The van der Waals surface area contributed by atoms with E-state index in [0.29, 0.717) is 12.0 Å². The fourth-order valence-electron chi connectivity index (χ4n) is 2.16. The van der Waals surface area contributed by atoms with Gasteiger partial charge >= 0.3 is 6.61 Å². The van der Waals surface area contributed by atoms with Crippen LogP contribution >= 0.6 is 23.2 Å². The van der Waals surface area contributed by atoms with Crippen molar-refractivity contribution in [1.29, 1.82) is 0 Å². The van der Waals surface area contributed by atoms with Gasteiger partial charge in [-0.1, -0.05) is 29.3 Å². The molecule has 0 atom stereocenters. The van der Waals surface area contributed by atoms with E-state index in [2.05, 4.69) is 9.46 Å². The Balaban J connectivity index is 2.04. The quantitative estimate of drug-likeness (QED) is 0.690. The fourth-order valence-corrected chi connectivity index (χ4v) is 3.91. The molecule has 0 aliphatic rings. The summed E-state index contributed by atoms with van der Waals surface area (Å²) < 4.78 is 60.9. The standard InChI is InChI=1S/C16H15Cl2F2NO4S/c1-24-15-6-10(2-3-14(15)25-16(19)20)4-5-21-26(22,23)13-8-11(17)7-12(18)9-13/h2-3,6-9,16,21H,4-5H2,1H3. The highest BCUT2D eigenvalue weighted by molar-refractivity contribution is 7.89. The molecule has 0 radical (unpaired) electrons. The van der Waals surface area contributed by atoms with Gasteiger partial charge in [-0.15, -0.1) is 0 Å². The molecule has 0 spiro atoms. The molecule has 2 aromatic rings. The summed E-state index contributed by atoms with van der Waals surface area (Å²) in [5.74, 6) is 0.0349. The van der Waals surface area contributed by atoms with E-state index in [0.717, 1.165) is 0 Å². The Kier molecular flexibility index (Phi) is 7.05. The lowest BCUT2D eigenvalue weighted by molar-refractivity contribution is -0.0512. The average Bonchev–Trinajstić information content (AvgIpc) is 2.54. The van der Waals surface area contributed by atoms with Gasteiger partial charge in [-0.05, 0) is 42.3 Å². The topological polar surface area (TPSA) is 64.6 Å². The molecule has 0 unspecified atom stereocenters. The second-order valence-corrected chi connectivity index (χ2v) is 7.76. The highest BCUT2D eigenvalue weighted by Gasteiger charge is 2.16. The van der Waals surface area contributed by atoms with Crippen LogP contribution in [0.15, 0.2) is 41.3 Å². The summed E-state index contributed by atoms with van der Waals surface area (Å²) in [6.45, 7) is -2.89. The highest BCUT2D eigenvalue weighted by Crippen LogP contribution is 2.29. The van der Waals surface area contributed by atoms with Crippen molar-refractivity contribution in [2.75, 3.05) is 13.7 Å². The van der Waals surface area contributed by atoms with E-state index in [4.69, 9.17) is 27.9 Å². The first-order valence-corrected chi connectivity index (χ1v) is 9.52. The maximum atomic E-state index is 12.3. The number of benzene rings is 2. The van der Waals surface area contributed by atoms with E-state index in [1.165, 1.54) is 37.4 Å². The molecule has 0 aliphatic carbocycles. The van der Waals surface area contributed by atoms with Crippen LogP contribution in [0.2, 0.25) is 10.0 Å². The molecule has 0 aromatic heterocycles. The molecule has 2 rings (SSSR count). The third-order valence-electron chi connectivity index (χ3n) is 3.30. The first-order valence-electron chi connectivity index (χ1n) is 7.29. The molecular weight excluding hydrogens is 411 g/mol. The van der Waals surface area contributed by atoms with Gasteiger partial charge in [0.1, 0.15) is 0 Å². The lowest BCUT2D eigenvalue weighted by Crippen LogP contribution is -2.26. The van der Waals surface area contributed by atoms with Crippen LogP contribution in [0.1, 0.15) is 5.56 Å². The van der Waals surface area contributed by atoms with Gasteiger partial charge in [0.05, 0.1) is 12.0 Å². The normalized spacial score (nSPS) is 11.6. The highest BCUT2D eigenvalue weighted by atomic mass is 35.5. The molecule has 0 fully saturated rings. The zero-order valence-electron chi connectivity index (χ0n) is 13.5. The Hall–Kier alpha value is -1.61. The van der Waals surface area contributed by atoms with Crippen LogP contribution in [0.25, 0.3) is 0 Å². The van der Waals surface area contributed by atoms with Gasteiger partial charge in [0.15, 0.2) is 11.5 Å².